The molecule has 10 atom stereocenters. The monoisotopic (exact) mass is 765 g/mol. The van der Waals surface area contributed by atoms with Crippen LogP contribution in [0.3, 0.4) is 0 Å². The van der Waals surface area contributed by atoms with Gasteiger partial charge in [-0.25, -0.2) is 38.7 Å². The molecule has 4 N–H and O–H groups in total. The summed E-state index contributed by atoms with van der Waals surface area (Å²) >= 11 is 3.67. The van der Waals surface area contributed by atoms with E-state index in [1.54, 1.807) is 0 Å². The molecule has 4 aromatic rings. The first kappa shape index (κ1) is 37.4. The number of nitrogens with one attached hydrogen (secondary N) is 1. The second kappa shape index (κ2) is 16.4. The molecule has 2 fully saturated rings. The summed E-state index contributed by atoms with van der Waals surface area (Å²) in [6.07, 6.45) is -1.15. The zero-order chi connectivity index (χ0) is 33.9. The van der Waals surface area contributed by atoms with Crippen molar-refractivity contribution >= 4 is 69.4 Å². The number of halogens is 2. The van der Waals surface area contributed by atoms with E-state index >= 15 is 8.78 Å². The Morgan fingerprint density at radius 1 is 0.878 bits per heavy atom. The van der Waals surface area contributed by atoms with Crippen LogP contribution in [-0.4, -0.2) is 111 Å². The maximum Gasteiger partial charge on any atom is 0.695 e. The Morgan fingerprint density at radius 2 is 1.45 bits per heavy atom. The van der Waals surface area contributed by atoms with Gasteiger partial charge in [0.2, 0.25) is 0 Å². The van der Waals surface area contributed by atoms with E-state index in [1.807, 2.05) is 12.2 Å². The van der Waals surface area contributed by atoms with Crippen molar-refractivity contribution in [2.45, 2.75) is 62.1 Å². The van der Waals surface area contributed by atoms with E-state index < -0.39 is 77.9 Å². The number of aliphatic hydroxyl groups excluding tert-OH is 2. The highest BCUT2D eigenvalue weighted by Gasteiger charge is 2.52. The molecule has 0 bridgehead atoms. The van der Waals surface area contributed by atoms with Gasteiger partial charge in [0, 0.05) is 11.1 Å². The second-order valence-electron chi connectivity index (χ2n) is 10.6. The number of aromatic nitrogens is 8. The van der Waals surface area contributed by atoms with Gasteiger partial charge in [-0.2, -0.15) is 13.5 Å². The van der Waals surface area contributed by atoms with E-state index in [4.69, 9.17) is 23.4 Å². The number of aryl methyl sites for hydroxylation is 1. The summed E-state index contributed by atoms with van der Waals surface area (Å²) < 4.78 is 76.7. The number of hydrogen-bond donors (Lipinski definition) is 5. The van der Waals surface area contributed by atoms with Crippen LogP contribution in [0.5, 0.6) is 0 Å². The molecular formula is C25H31F2N9O9P2S2+2. The summed E-state index contributed by atoms with van der Waals surface area (Å²) in [6.45, 7) is -0.830. The van der Waals surface area contributed by atoms with E-state index in [1.165, 1.54) is 34.4 Å². The standard InChI is InChI=1S/C25H27F2N9O9P2S.H2S/c26-15-19(44-46(39)40)13(6-37)42-24(15)35-10-33-17-12(29-8-31-22(17)35)4-2-1-3-5-28-21-18-23(32-9-30-21)36(11-34-18)25-16(27)20(45-47(41)48)14(7-38)43-25;/h1,3,8-11,13-16,19-20,24-25,37-38H,2,4-7H2,(H-2,28,30,32,39,40,41,48);1H2/p+2/b3-1+;/t13-,14-,15-,16-,19-,20-,24-,25-;/m1./s1. The van der Waals surface area contributed by atoms with Crippen LogP contribution < -0.4 is 5.32 Å². The predicted molar refractivity (Wildman–Crippen MR) is 175 cm³/mol. The van der Waals surface area contributed by atoms with Crippen LogP contribution in [0.25, 0.3) is 22.3 Å². The molecule has 6 rings (SSSR count). The lowest BCUT2D eigenvalue weighted by atomic mass is 10.1. The molecule has 4 aromatic heterocycles. The van der Waals surface area contributed by atoms with Gasteiger partial charge in [0.1, 0.15) is 42.6 Å². The first-order chi connectivity index (χ1) is 23.2. The molecular weight excluding hydrogens is 734 g/mol. The molecule has 18 nitrogen and oxygen atoms in total. The van der Waals surface area contributed by atoms with Gasteiger partial charge in [-0.15, -0.1) is 13.9 Å². The van der Waals surface area contributed by atoms with Crippen molar-refractivity contribution in [2.24, 2.45) is 0 Å². The number of nitrogens with zero attached hydrogens (tertiary/aromatic N) is 8. The van der Waals surface area contributed by atoms with Crippen molar-refractivity contribution < 1.29 is 51.5 Å². The molecule has 0 radical (unpaired) electrons. The van der Waals surface area contributed by atoms with E-state index in [0.717, 1.165) is 0 Å². The Kier molecular flexibility index (Phi) is 12.5. The molecule has 264 valence electrons. The lowest BCUT2D eigenvalue weighted by Crippen LogP contribution is -2.32. The van der Waals surface area contributed by atoms with Crippen LogP contribution in [0.1, 0.15) is 24.6 Å². The third-order valence-corrected chi connectivity index (χ3v) is 8.89. The number of rotatable bonds is 14. The maximum atomic E-state index is 15.2. The molecule has 2 unspecified atom stereocenters. The quantitative estimate of drug-likeness (QED) is 0.0703. The summed E-state index contributed by atoms with van der Waals surface area (Å²) in [5, 5.41) is 22.3. The van der Waals surface area contributed by atoms with Crippen molar-refractivity contribution in [3.63, 3.8) is 0 Å². The third kappa shape index (κ3) is 7.74. The highest BCUT2D eigenvalue weighted by Crippen LogP contribution is 2.42. The molecule has 2 saturated heterocycles. The average Bonchev–Trinajstić information content (AvgIpc) is 3.83. The fourth-order valence-corrected chi connectivity index (χ4v) is 6.85. The minimum absolute atomic E-state index is 0. The molecule has 2 aliphatic rings. The van der Waals surface area contributed by atoms with Gasteiger partial charge < -0.3 is 25.0 Å². The molecule has 6 heterocycles. The number of ether oxygens (including phenoxy) is 2. The summed E-state index contributed by atoms with van der Waals surface area (Å²) in [7, 11) is -5.55. The number of hydrogen-bond acceptors (Lipinski definition) is 15. The van der Waals surface area contributed by atoms with Crippen LogP contribution in [0.4, 0.5) is 14.6 Å². The predicted octanol–water partition coefficient (Wildman–Crippen LogP) is 2.14. The van der Waals surface area contributed by atoms with Gasteiger partial charge in [0.15, 0.2) is 59.6 Å². The van der Waals surface area contributed by atoms with E-state index in [9.17, 15) is 19.3 Å². The minimum Gasteiger partial charge on any atom is -0.394 e. The van der Waals surface area contributed by atoms with Crippen LogP contribution >= 0.6 is 41.2 Å². The van der Waals surface area contributed by atoms with Gasteiger partial charge in [-0.05, 0) is 17.4 Å². The van der Waals surface area contributed by atoms with Crippen molar-refractivity contribution in [2.75, 3.05) is 25.1 Å². The van der Waals surface area contributed by atoms with Crippen molar-refractivity contribution in [1.82, 2.24) is 39.0 Å². The fourth-order valence-electron chi connectivity index (χ4n) is 5.60. The van der Waals surface area contributed by atoms with E-state index in [2.05, 4.69) is 47.5 Å². The first-order valence-corrected chi connectivity index (χ1v) is 17.9. The Balaban J connectivity index is 0.00000468. The third-order valence-electron chi connectivity index (χ3n) is 7.76. The highest BCUT2D eigenvalue weighted by molar-refractivity contribution is 8.39. The van der Waals surface area contributed by atoms with E-state index in [-0.39, 0.29) is 24.8 Å². The Labute approximate surface area is 289 Å². The minimum atomic E-state index is -3.12. The molecule has 0 spiro atoms. The largest absolute Gasteiger partial charge is 0.695 e. The summed E-state index contributed by atoms with van der Waals surface area (Å²) in [4.78, 5) is 34.7. The number of allylic oxidation sites excluding steroid dienone is 1. The lowest BCUT2D eigenvalue weighted by molar-refractivity contribution is -0.0436. The molecule has 49 heavy (non-hydrogen) atoms. The number of aliphatic hydroxyl groups is 2. The summed E-state index contributed by atoms with van der Waals surface area (Å²) in [5.74, 6) is 0.382. The smallest absolute Gasteiger partial charge is 0.394 e. The van der Waals surface area contributed by atoms with Crippen molar-refractivity contribution in [1.29, 1.82) is 0 Å². The molecule has 0 saturated carbocycles. The second-order valence-corrected chi connectivity index (χ2v) is 12.9. The Morgan fingerprint density at radius 3 is 2.04 bits per heavy atom. The Hall–Kier alpha value is -2.88. The molecule has 0 amide bonds. The number of alkyl halides is 2. The van der Waals surface area contributed by atoms with Gasteiger partial charge in [0.05, 0.1) is 31.6 Å². The van der Waals surface area contributed by atoms with Crippen molar-refractivity contribution in [3.05, 3.63) is 43.2 Å². The van der Waals surface area contributed by atoms with Crippen LogP contribution in [0.2, 0.25) is 0 Å². The molecule has 0 aliphatic carbocycles. The van der Waals surface area contributed by atoms with Gasteiger partial charge >= 0.3 is 15.5 Å². The lowest BCUT2D eigenvalue weighted by Gasteiger charge is -2.15. The summed E-state index contributed by atoms with van der Waals surface area (Å²) in [5.41, 5.74) is 1.91. The van der Waals surface area contributed by atoms with Crippen LogP contribution in [-0.2, 0) is 34.1 Å². The number of anilines is 1. The first-order valence-electron chi connectivity index (χ1n) is 14.4. The molecule has 2 aliphatic heterocycles. The van der Waals surface area contributed by atoms with Gasteiger partial charge in [-0.3, -0.25) is 9.13 Å². The fraction of sp³-hybridized carbons (Fsp3) is 0.520. The zero-order valence-electron chi connectivity index (χ0n) is 25.1. The normalized spacial score (nSPS) is 27.6. The number of fused-ring (bicyclic) bond motifs is 2. The SMILES string of the molecule is O=[P+](O)O[C@H]1[C@@H](F)[C@H](n2cnc3c(CC/C=C/CNc4ncnc5c4ncn5[C@@H]4O[C@H](CO)[C@@H](O[P+](=O)S)[C@H]4F)ncnc32)O[C@@H]1CO.S. The van der Waals surface area contributed by atoms with Gasteiger partial charge in [0.25, 0.3) is 0 Å². The highest BCUT2D eigenvalue weighted by atomic mass is 32.7. The average molecular weight is 766 g/mol. The van der Waals surface area contributed by atoms with E-state index in [0.29, 0.717) is 41.9 Å². The Bertz CT molecular complexity index is 1700. The number of imidazole rings is 2. The van der Waals surface area contributed by atoms with Crippen molar-refractivity contribution in [3.8, 4) is 0 Å². The van der Waals surface area contributed by atoms with Crippen LogP contribution in [0, 0.1) is 0 Å². The number of thiol groups is 1. The topological polar surface area (TPSA) is 231 Å². The summed E-state index contributed by atoms with van der Waals surface area (Å²) in [6, 6.07) is 0. The van der Waals surface area contributed by atoms with Crippen LogP contribution in [0.15, 0.2) is 37.5 Å². The maximum absolute atomic E-state index is 15.2. The molecule has 24 heteroatoms. The van der Waals surface area contributed by atoms with Gasteiger partial charge in [-0.1, -0.05) is 12.2 Å². The molecule has 0 aromatic carbocycles. The zero-order valence-corrected chi connectivity index (χ0v) is 28.8.